The van der Waals surface area contributed by atoms with E-state index in [1.54, 1.807) is 0 Å². The highest BCUT2D eigenvalue weighted by Crippen LogP contribution is 2.22. The van der Waals surface area contributed by atoms with E-state index in [1.807, 2.05) is 23.9 Å². The summed E-state index contributed by atoms with van der Waals surface area (Å²) in [5.41, 5.74) is 4.87. The van der Waals surface area contributed by atoms with E-state index in [0.29, 0.717) is 6.61 Å². The number of esters is 1. The largest absolute Gasteiger partial charge is 0.466 e. The van der Waals surface area contributed by atoms with Crippen LogP contribution in [0, 0.1) is 5.92 Å². The summed E-state index contributed by atoms with van der Waals surface area (Å²) < 4.78 is 7.27. The van der Waals surface area contributed by atoms with E-state index in [1.165, 1.54) is 16.7 Å². The van der Waals surface area contributed by atoms with Gasteiger partial charge in [-0.05, 0) is 62.6 Å². The van der Waals surface area contributed by atoms with E-state index in [0.717, 1.165) is 44.2 Å². The molecule has 0 aliphatic carbocycles. The third-order valence-electron chi connectivity index (χ3n) is 5.51. The Morgan fingerprint density at radius 3 is 2.33 bits per heavy atom. The van der Waals surface area contributed by atoms with E-state index in [-0.39, 0.29) is 11.9 Å². The van der Waals surface area contributed by atoms with Gasteiger partial charge < -0.3 is 4.74 Å². The summed E-state index contributed by atoms with van der Waals surface area (Å²) in [5, 5.41) is 4.35. The van der Waals surface area contributed by atoms with Crippen LogP contribution < -0.4 is 0 Å². The Morgan fingerprint density at radius 1 is 0.933 bits per heavy atom. The molecule has 2 aromatic carbocycles. The van der Waals surface area contributed by atoms with E-state index in [2.05, 4.69) is 66.8 Å². The van der Waals surface area contributed by atoms with Crippen molar-refractivity contribution >= 4 is 5.97 Å². The first-order valence-corrected chi connectivity index (χ1v) is 11.0. The number of hydrogen-bond acceptors (Lipinski definition) is 3. The number of aryl methyl sites for hydroxylation is 3. The van der Waals surface area contributed by atoms with Crippen molar-refractivity contribution in [1.29, 1.82) is 0 Å². The first-order valence-electron chi connectivity index (χ1n) is 11.0. The lowest BCUT2D eigenvalue weighted by Crippen LogP contribution is -2.19. The average Bonchev–Trinajstić information content (AvgIpc) is 3.27. The Balaban J connectivity index is 1.55. The molecular formula is C26H32N2O2. The van der Waals surface area contributed by atoms with Crippen LogP contribution in [0.1, 0.15) is 44.2 Å². The minimum atomic E-state index is -0.0610. The monoisotopic (exact) mass is 404 g/mol. The molecule has 0 saturated carbocycles. The Bertz CT molecular complexity index is 900. The number of nitrogens with zero attached hydrogens (tertiary/aromatic N) is 2. The van der Waals surface area contributed by atoms with Gasteiger partial charge in [0, 0.05) is 18.3 Å². The van der Waals surface area contributed by atoms with E-state index in [9.17, 15) is 4.79 Å². The predicted molar refractivity (Wildman–Crippen MR) is 121 cm³/mol. The van der Waals surface area contributed by atoms with Gasteiger partial charge in [0.1, 0.15) is 0 Å². The Morgan fingerprint density at radius 2 is 1.67 bits per heavy atom. The summed E-state index contributed by atoms with van der Waals surface area (Å²) in [5.74, 6) is -0.106. The molecule has 0 saturated heterocycles. The summed E-state index contributed by atoms with van der Waals surface area (Å²) in [6.07, 6.45) is 8.53. The lowest BCUT2D eigenvalue weighted by atomic mass is 9.93. The van der Waals surface area contributed by atoms with Crippen molar-refractivity contribution in [2.45, 2.75) is 52.5 Å². The van der Waals surface area contributed by atoms with Crippen molar-refractivity contribution in [2.24, 2.45) is 5.92 Å². The maximum atomic E-state index is 12.4. The standard InChI is InChI=1S/C26H32N2O2/c1-3-28-20-25(19-27-28)23-16-13-22(14-17-23)15-18-24(26(29)30-4-2)12-8-11-21-9-6-5-7-10-21/h5-7,9-10,13-14,16-17,19-20,24H,3-4,8,11-12,15,18H2,1-2H3. The average molecular weight is 405 g/mol. The van der Waals surface area contributed by atoms with Crippen LogP contribution in [-0.4, -0.2) is 22.4 Å². The van der Waals surface area contributed by atoms with Crippen molar-refractivity contribution in [3.63, 3.8) is 0 Å². The molecule has 4 heteroatoms. The second-order valence-corrected chi connectivity index (χ2v) is 7.65. The molecule has 0 spiro atoms. The highest BCUT2D eigenvalue weighted by atomic mass is 16.5. The highest BCUT2D eigenvalue weighted by molar-refractivity contribution is 5.72. The number of aromatic nitrogens is 2. The molecule has 1 aromatic heterocycles. The van der Waals surface area contributed by atoms with Gasteiger partial charge in [-0.25, -0.2) is 0 Å². The molecule has 1 heterocycles. The minimum Gasteiger partial charge on any atom is -0.466 e. The highest BCUT2D eigenvalue weighted by Gasteiger charge is 2.19. The second-order valence-electron chi connectivity index (χ2n) is 7.65. The van der Waals surface area contributed by atoms with Gasteiger partial charge in [-0.3, -0.25) is 9.48 Å². The van der Waals surface area contributed by atoms with Crippen molar-refractivity contribution in [3.05, 3.63) is 78.1 Å². The molecule has 1 unspecified atom stereocenters. The summed E-state index contributed by atoms with van der Waals surface area (Å²) in [4.78, 5) is 12.4. The van der Waals surface area contributed by atoms with Crippen LogP contribution in [0.15, 0.2) is 67.0 Å². The molecule has 0 radical (unpaired) electrons. The quantitative estimate of drug-likeness (QED) is 0.385. The summed E-state index contributed by atoms with van der Waals surface area (Å²) >= 11 is 0. The van der Waals surface area contributed by atoms with Crippen LogP contribution in [0.4, 0.5) is 0 Å². The summed E-state index contributed by atoms with van der Waals surface area (Å²) in [7, 11) is 0. The molecule has 0 amide bonds. The van der Waals surface area contributed by atoms with Crippen molar-refractivity contribution < 1.29 is 9.53 Å². The molecule has 3 aromatic rings. The molecule has 4 nitrogen and oxygen atoms in total. The van der Waals surface area contributed by atoms with Crippen LogP contribution in [0.3, 0.4) is 0 Å². The van der Waals surface area contributed by atoms with E-state index in [4.69, 9.17) is 4.74 Å². The number of carbonyl (C=O) groups excluding carboxylic acids is 1. The van der Waals surface area contributed by atoms with Crippen molar-refractivity contribution in [2.75, 3.05) is 6.61 Å². The number of carbonyl (C=O) groups is 1. The number of ether oxygens (including phenoxy) is 1. The SMILES string of the molecule is CCOC(=O)C(CCCc1ccccc1)CCc1ccc(-c2cnn(CC)c2)cc1. The zero-order valence-corrected chi connectivity index (χ0v) is 18.1. The first-order chi connectivity index (χ1) is 14.7. The smallest absolute Gasteiger partial charge is 0.308 e. The fraction of sp³-hybridized carbons (Fsp3) is 0.385. The summed E-state index contributed by atoms with van der Waals surface area (Å²) in [6, 6.07) is 19.0. The van der Waals surface area contributed by atoms with Gasteiger partial charge in [0.05, 0.1) is 18.7 Å². The maximum Gasteiger partial charge on any atom is 0.308 e. The van der Waals surface area contributed by atoms with Crippen LogP contribution in [0.25, 0.3) is 11.1 Å². The maximum absolute atomic E-state index is 12.4. The zero-order chi connectivity index (χ0) is 21.2. The third kappa shape index (κ3) is 6.31. The van der Waals surface area contributed by atoms with Crippen LogP contribution in [-0.2, 0) is 28.9 Å². The van der Waals surface area contributed by atoms with Crippen LogP contribution in [0.5, 0.6) is 0 Å². The number of rotatable bonds is 11. The van der Waals surface area contributed by atoms with Gasteiger partial charge in [0.2, 0.25) is 0 Å². The minimum absolute atomic E-state index is 0.0453. The zero-order valence-electron chi connectivity index (χ0n) is 18.1. The van der Waals surface area contributed by atoms with Gasteiger partial charge in [-0.15, -0.1) is 0 Å². The van der Waals surface area contributed by atoms with Crippen LogP contribution in [0.2, 0.25) is 0 Å². The number of benzene rings is 2. The molecular weight excluding hydrogens is 372 g/mol. The van der Waals surface area contributed by atoms with E-state index >= 15 is 0 Å². The predicted octanol–water partition coefficient (Wildman–Crippen LogP) is 5.70. The molecule has 158 valence electrons. The molecule has 0 fully saturated rings. The lowest BCUT2D eigenvalue weighted by molar-refractivity contribution is -0.148. The van der Waals surface area contributed by atoms with Crippen molar-refractivity contribution in [3.8, 4) is 11.1 Å². The summed E-state index contributed by atoms with van der Waals surface area (Å²) in [6.45, 7) is 5.27. The van der Waals surface area contributed by atoms with Gasteiger partial charge in [0.15, 0.2) is 0 Å². The van der Waals surface area contributed by atoms with Crippen LogP contribution >= 0.6 is 0 Å². The Labute approximate surface area is 179 Å². The normalized spacial score (nSPS) is 11.9. The van der Waals surface area contributed by atoms with E-state index < -0.39 is 0 Å². The molecule has 1 atom stereocenters. The molecule has 0 bridgehead atoms. The third-order valence-corrected chi connectivity index (χ3v) is 5.51. The Kier molecular flexibility index (Phi) is 8.25. The first kappa shape index (κ1) is 21.8. The topological polar surface area (TPSA) is 44.1 Å². The molecule has 0 aliphatic heterocycles. The molecule has 30 heavy (non-hydrogen) atoms. The van der Waals surface area contributed by atoms with Crippen molar-refractivity contribution in [1.82, 2.24) is 9.78 Å². The Hall–Kier alpha value is -2.88. The van der Waals surface area contributed by atoms with Gasteiger partial charge in [-0.2, -0.15) is 5.10 Å². The second kappa shape index (κ2) is 11.3. The van der Waals surface area contributed by atoms with Gasteiger partial charge in [-0.1, -0.05) is 54.6 Å². The van der Waals surface area contributed by atoms with Gasteiger partial charge >= 0.3 is 5.97 Å². The fourth-order valence-corrected chi connectivity index (χ4v) is 3.73. The molecule has 0 aliphatic rings. The lowest BCUT2D eigenvalue weighted by Gasteiger charge is -2.16. The van der Waals surface area contributed by atoms with Gasteiger partial charge in [0.25, 0.3) is 0 Å². The number of hydrogen-bond donors (Lipinski definition) is 0. The fourth-order valence-electron chi connectivity index (χ4n) is 3.73. The molecule has 0 N–H and O–H groups in total. The molecule has 3 rings (SSSR count).